The van der Waals surface area contributed by atoms with E-state index in [4.69, 9.17) is 11.6 Å². The van der Waals surface area contributed by atoms with Crippen molar-refractivity contribution in [1.82, 2.24) is 10.2 Å². The van der Waals surface area contributed by atoms with Gasteiger partial charge in [0.05, 0.1) is 16.6 Å². The van der Waals surface area contributed by atoms with E-state index in [1.54, 1.807) is 23.5 Å². The third kappa shape index (κ3) is 4.30. The average molecular weight is 388 g/mol. The van der Waals surface area contributed by atoms with E-state index < -0.39 is 0 Å². The van der Waals surface area contributed by atoms with Gasteiger partial charge in [-0.3, -0.25) is 4.79 Å². The predicted molar refractivity (Wildman–Crippen MR) is 92.2 cm³/mol. The molecule has 0 bridgehead atoms. The van der Waals surface area contributed by atoms with Crippen LogP contribution in [0.5, 0.6) is 0 Å². The summed E-state index contributed by atoms with van der Waals surface area (Å²) in [7, 11) is 4.01. The molecular formula is C15H16BrClN2OS. The van der Waals surface area contributed by atoms with Gasteiger partial charge in [0.2, 0.25) is 0 Å². The smallest absolute Gasteiger partial charge is 0.252 e. The Hall–Kier alpha value is -0.880. The molecule has 6 heteroatoms. The van der Waals surface area contributed by atoms with Crippen LogP contribution >= 0.6 is 38.9 Å². The molecule has 0 fully saturated rings. The molecule has 1 atom stereocenters. The second kappa shape index (κ2) is 7.40. The Bertz CT molecular complexity index is 616. The number of halogens is 2. The van der Waals surface area contributed by atoms with Crippen LogP contribution in [0, 0.1) is 0 Å². The topological polar surface area (TPSA) is 32.3 Å². The van der Waals surface area contributed by atoms with Crippen molar-refractivity contribution in [2.24, 2.45) is 0 Å². The molecule has 3 nitrogen and oxygen atoms in total. The van der Waals surface area contributed by atoms with Crippen molar-refractivity contribution < 1.29 is 4.79 Å². The summed E-state index contributed by atoms with van der Waals surface area (Å²) in [6.07, 6.45) is 0. The molecule has 0 saturated heterocycles. The van der Waals surface area contributed by atoms with E-state index in [2.05, 4.69) is 32.2 Å². The lowest BCUT2D eigenvalue weighted by Crippen LogP contribution is -2.34. The number of rotatable bonds is 5. The lowest BCUT2D eigenvalue weighted by atomic mass is 10.2. The predicted octanol–water partition coefficient (Wildman–Crippen LogP) is 4.20. The van der Waals surface area contributed by atoms with Crippen molar-refractivity contribution in [3.8, 4) is 0 Å². The van der Waals surface area contributed by atoms with E-state index in [9.17, 15) is 4.79 Å². The molecule has 0 radical (unpaired) electrons. The summed E-state index contributed by atoms with van der Waals surface area (Å²) in [5.74, 6) is -0.162. The van der Waals surface area contributed by atoms with Gasteiger partial charge in [-0.25, -0.2) is 0 Å². The van der Waals surface area contributed by atoms with Gasteiger partial charge >= 0.3 is 0 Å². The van der Waals surface area contributed by atoms with E-state index in [0.717, 1.165) is 4.47 Å². The summed E-state index contributed by atoms with van der Waals surface area (Å²) in [6, 6.07) is 9.50. The maximum atomic E-state index is 12.3. The molecule has 0 saturated carbocycles. The molecule has 21 heavy (non-hydrogen) atoms. The minimum absolute atomic E-state index is 0.153. The molecule has 1 aromatic heterocycles. The first-order valence-corrected chi connectivity index (χ1v) is 8.47. The van der Waals surface area contributed by atoms with Gasteiger partial charge in [-0.05, 0) is 43.7 Å². The van der Waals surface area contributed by atoms with Crippen molar-refractivity contribution in [2.75, 3.05) is 20.6 Å². The second-order valence-corrected chi connectivity index (χ2v) is 7.13. The highest BCUT2D eigenvalue weighted by atomic mass is 79.9. The Balaban J connectivity index is 2.07. The second-order valence-electron chi connectivity index (χ2n) is 4.83. The largest absolute Gasteiger partial charge is 0.350 e. The SMILES string of the molecule is CN(C)C(CNC(=O)c1cc(Br)ccc1Cl)c1cccs1. The number of likely N-dealkylation sites (N-methyl/N-ethyl adjacent to an activating group) is 1. The average Bonchev–Trinajstić information content (AvgIpc) is 2.95. The standard InChI is InChI=1S/C15H16BrClN2OS/c1-19(2)13(14-4-3-7-21-14)9-18-15(20)11-8-10(16)5-6-12(11)17/h3-8,13H,9H2,1-2H3,(H,18,20). The van der Waals surface area contributed by atoms with E-state index in [-0.39, 0.29) is 11.9 Å². The monoisotopic (exact) mass is 386 g/mol. The molecule has 0 aliphatic heterocycles. The summed E-state index contributed by atoms with van der Waals surface area (Å²) in [4.78, 5) is 15.6. The van der Waals surface area contributed by atoms with Gasteiger partial charge in [0, 0.05) is 15.9 Å². The molecule has 1 unspecified atom stereocenters. The molecule has 2 aromatic rings. The first-order valence-electron chi connectivity index (χ1n) is 6.42. The highest BCUT2D eigenvalue weighted by molar-refractivity contribution is 9.10. The molecule has 0 spiro atoms. The number of nitrogens with one attached hydrogen (secondary N) is 1. The third-order valence-corrected chi connectivity index (χ3v) is 4.92. The normalized spacial score (nSPS) is 12.4. The van der Waals surface area contributed by atoms with E-state index >= 15 is 0 Å². The molecule has 1 N–H and O–H groups in total. The van der Waals surface area contributed by atoms with Crippen molar-refractivity contribution >= 4 is 44.8 Å². The fraction of sp³-hybridized carbons (Fsp3) is 0.267. The minimum atomic E-state index is -0.162. The summed E-state index contributed by atoms with van der Waals surface area (Å²) in [6.45, 7) is 0.537. The number of carbonyl (C=O) groups is 1. The lowest BCUT2D eigenvalue weighted by Gasteiger charge is -2.23. The zero-order valence-electron chi connectivity index (χ0n) is 11.8. The lowest BCUT2D eigenvalue weighted by molar-refractivity contribution is 0.0942. The third-order valence-electron chi connectivity index (χ3n) is 3.12. The fourth-order valence-electron chi connectivity index (χ4n) is 1.97. The number of thiophene rings is 1. The van der Waals surface area contributed by atoms with Crippen molar-refractivity contribution in [3.63, 3.8) is 0 Å². The van der Waals surface area contributed by atoms with Crippen LogP contribution in [0.3, 0.4) is 0 Å². The summed E-state index contributed by atoms with van der Waals surface area (Å²) in [5, 5.41) is 5.45. The summed E-state index contributed by atoms with van der Waals surface area (Å²) in [5.41, 5.74) is 0.481. The maximum absolute atomic E-state index is 12.3. The molecule has 0 aliphatic carbocycles. The van der Waals surface area contributed by atoms with Crippen LogP contribution in [0.25, 0.3) is 0 Å². The zero-order valence-corrected chi connectivity index (χ0v) is 14.9. The van der Waals surface area contributed by atoms with Gasteiger partial charge in [-0.15, -0.1) is 11.3 Å². The molecule has 1 amide bonds. The van der Waals surface area contributed by atoms with Crippen molar-refractivity contribution in [3.05, 3.63) is 55.6 Å². The number of benzene rings is 1. The van der Waals surface area contributed by atoms with Crippen LogP contribution in [0.2, 0.25) is 5.02 Å². The fourth-order valence-corrected chi connectivity index (χ4v) is 3.46. The van der Waals surface area contributed by atoms with Gasteiger partial charge in [-0.2, -0.15) is 0 Å². The Morgan fingerprint density at radius 2 is 2.19 bits per heavy atom. The minimum Gasteiger partial charge on any atom is -0.350 e. The summed E-state index contributed by atoms with van der Waals surface area (Å²) < 4.78 is 0.833. The van der Waals surface area contributed by atoms with Crippen LogP contribution in [-0.4, -0.2) is 31.4 Å². The van der Waals surface area contributed by atoms with Crippen molar-refractivity contribution in [1.29, 1.82) is 0 Å². The zero-order chi connectivity index (χ0) is 15.4. The molecule has 2 rings (SSSR count). The maximum Gasteiger partial charge on any atom is 0.252 e. The van der Waals surface area contributed by atoms with Gasteiger partial charge in [-0.1, -0.05) is 33.6 Å². The van der Waals surface area contributed by atoms with Crippen LogP contribution in [0.1, 0.15) is 21.3 Å². The molecule has 1 aromatic carbocycles. The van der Waals surface area contributed by atoms with Crippen LogP contribution in [0.4, 0.5) is 0 Å². The highest BCUT2D eigenvalue weighted by Crippen LogP contribution is 2.24. The number of hydrogen-bond acceptors (Lipinski definition) is 3. The number of amides is 1. The molecule has 0 aliphatic rings. The molecule has 112 valence electrons. The Kier molecular flexibility index (Phi) is 5.81. The van der Waals surface area contributed by atoms with Crippen molar-refractivity contribution in [2.45, 2.75) is 6.04 Å². The van der Waals surface area contributed by atoms with E-state index in [1.165, 1.54) is 4.88 Å². The van der Waals surface area contributed by atoms with Crippen LogP contribution in [-0.2, 0) is 0 Å². The van der Waals surface area contributed by atoms with Gasteiger partial charge in [0.15, 0.2) is 0 Å². The Labute approximate surface area is 142 Å². The van der Waals surface area contributed by atoms with E-state index in [0.29, 0.717) is 17.1 Å². The Morgan fingerprint density at radius 1 is 1.43 bits per heavy atom. The Morgan fingerprint density at radius 3 is 2.81 bits per heavy atom. The number of nitrogens with zero attached hydrogens (tertiary/aromatic N) is 1. The molecule has 1 heterocycles. The number of carbonyl (C=O) groups excluding carboxylic acids is 1. The highest BCUT2D eigenvalue weighted by Gasteiger charge is 2.17. The van der Waals surface area contributed by atoms with Crippen LogP contribution in [0.15, 0.2) is 40.2 Å². The van der Waals surface area contributed by atoms with E-state index in [1.807, 2.05) is 31.6 Å². The summed E-state index contributed by atoms with van der Waals surface area (Å²) >= 11 is 11.1. The van der Waals surface area contributed by atoms with Crippen LogP contribution < -0.4 is 5.32 Å². The molecular weight excluding hydrogens is 372 g/mol. The first kappa shape index (κ1) is 16.5. The van der Waals surface area contributed by atoms with Gasteiger partial charge in [0.1, 0.15) is 0 Å². The first-order chi connectivity index (χ1) is 9.99. The number of hydrogen-bond donors (Lipinski definition) is 1. The quantitative estimate of drug-likeness (QED) is 0.834. The van der Waals surface area contributed by atoms with Gasteiger partial charge < -0.3 is 10.2 Å². The van der Waals surface area contributed by atoms with Gasteiger partial charge in [0.25, 0.3) is 5.91 Å².